The van der Waals surface area contributed by atoms with Gasteiger partial charge in [-0.25, -0.2) is 18.7 Å². The summed E-state index contributed by atoms with van der Waals surface area (Å²) in [6.07, 6.45) is 8.54. The molecule has 0 spiro atoms. The van der Waals surface area contributed by atoms with E-state index in [-0.39, 0.29) is 29.4 Å². The zero-order chi connectivity index (χ0) is 22.5. The van der Waals surface area contributed by atoms with Crippen molar-refractivity contribution in [1.82, 2.24) is 25.1 Å². The van der Waals surface area contributed by atoms with Crippen LogP contribution in [0, 0.1) is 11.6 Å². The number of hydrogen-bond donors (Lipinski definition) is 2. The molecule has 1 fully saturated rings. The van der Waals surface area contributed by atoms with Gasteiger partial charge in [-0.15, -0.1) is 0 Å². The molecule has 2 N–H and O–H groups in total. The van der Waals surface area contributed by atoms with Gasteiger partial charge in [0.05, 0.1) is 50.1 Å². The average molecular weight is 446 g/mol. The van der Waals surface area contributed by atoms with E-state index in [0.29, 0.717) is 12.0 Å². The second-order valence-corrected chi connectivity index (χ2v) is 7.23. The number of piperidine rings is 1. The zero-order valence-corrected chi connectivity index (χ0v) is 17.8. The Hall–Kier alpha value is -3.47. The van der Waals surface area contributed by atoms with Gasteiger partial charge >= 0.3 is 0 Å². The van der Waals surface area contributed by atoms with Crippen molar-refractivity contribution in [2.24, 2.45) is 0 Å². The van der Waals surface area contributed by atoms with Gasteiger partial charge in [0.2, 0.25) is 5.95 Å². The first-order valence-corrected chi connectivity index (χ1v) is 10.1. The van der Waals surface area contributed by atoms with E-state index in [0.717, 1.165) is 37.7 Å². The van der Waals surface area contributed by atoms with Crippen LogP contribution in [0.5, 0.6) is 17.2 Å². The first kappa shape index (κ1) is 21.8. The summed E-state index contributed by atoms with van der Waals surface area (Å²) in [4.78, 5) is 8.38. The van der Waals surface area contributed by atoms with Crippen molar-refractivity contribution in [3.8, 4) is 17.2 Å². The summed E-state index contributed by atoms with van der Waals surface area (Å²) in [7, 11) is 2.58. The van der Waals surface area contributed by atoms with E-state index < -0.39 is 11.6 Å². The molecular weight excluding hydrogens is 422 g/mol. The third-order valence-electron chi connectivity index (χ3n) is 5.22. The Balaban J connectivity index is 1.39. The number of rotatable bonds is 8. The van der Waals surface area contributed by atoms with Crippen molar-refractivity contribution in [1.29, 1.82) is 0 Å². The fraction of sp³-hybridized carbons (Fsp3) is 0.381. The molecule has 0 saturated carbocycles. The van der Waals surface area contributed by atoms with Crippen molar-refractivity contribution in [3.05, 3.63) is 48.1 Å². The molecule has 0 atom stereocenters. The monoisotopic (exact) mass is 446 g/mol. The van der Waals surface area contributed by atoms with Gasteiger partial charge in [-0.05, 0) is 25.9 Å². The molecule has 170 valence electrons. The minimum Gasteiger partial charge on any atom is -0.494 e. The molecule has 0 amide bonds. The number of aromatic nitrogens is 4. The molecule has 0 bridgehead atoms. The van der Waals surface area contributed by atoms with Gasteiger partial charge in [0, 0.05) is 12.3 Å². The standard InChI is InChI=1S/C21H24F2N6O3/c1-30-17-7-18(31-2)20(23)16(19(17)22)12-32-15-9-25-21(26-10-15)28-13-8-27-29(11-13)14-3-5-24-6-4-14/h7-11,14,24H,3-6,12H2,1-2H3,(H,25,26,28). The lowest BCUT2D eigenvalue weighted by atomic mass is 10.1. The van der Waals surface area contributed by atoms with Gasteiger partial charge in [-0.3, -0.25) is 4.68 Å². The van der Waals surface area contributed by atoms with E-state index in [9.17, 15) is 8.78 Å². The van der Waals surface area contributed by atoms with Crippen molar-refractivity contribution in [3.63, 3.8) is 0 Å². The highest BCUT2D eigenvalue weighted by Crippen LogP contribution is 2.32. The van der Waals surface area contributed by atoms with Gasteiger partial charge in [0.15, 0.2) is 28.9 Å². The van der Waals surface area contributed by atoms with Crippen LogP contribution in [-0.2, 0) is 6.61 Å². The Morgan fingerprint density at radius 2 is 1.72 bits per heavy atom. The highest BCUT2D eigenvalue weighted by molar-refractivity contribution is 5.50. The molecule has 3 heterocycles. The van der Waals surface area contributed by atoms with E-state index in [4.69, 9.17) is 14.2 Å². The summed E-state index contributed by atoms with van der Waals surface area (Å²) >= 11 is 0. The number of nitrogens with zero attached hydrogens (tertiary/aromatic N) is 4. The predicted molar refractivity (Wildman–Crippen MR) is 112 cm³/mol. The van der Waals surface area contributed by atoms with Crippen LogP contribution in [0.3, 0.4) is 0 Å². The van der Waals surface area contributed by atoms with E-state index in [2.05, 4.69) is 25.7 Å². The molecule has 32 heavy (non-hydrogen) atoms. The second kappa shape index (κ2) is 9.77. The van der Waals surface area contributed by atoms with E-state index in [1.54, 1.807) is 6.20 Å². The molecule has 11 heteroatoms. The largest absolute Gasteiger partial charge is 0.494 e. The smallest absolute Gasteiger partial charge is 0.227 e. The molecule has 0 aliphatic carbocycles. The van der Waals surface area contributed by atoms with Crippen molar-refractivity contribution in [2.45, 2.75) is 25.5 Å². The zero-order valence-electron chi connectivity index (χ0n) is 17.8. The minimum absolute atomic E-state index is 0.136. The number of anilines is 2. The highest BCUT2D eigenvalue weighted by atomic mass is 19.1. The Morgan fingerprint density at radius 1 is 1.06 bits per heavy atom. The third-order valence-corrected chi connectivity index (χ3v) is 5.22. The molecule has 2 aromatic heterocycles. The first-order valence-electron chi connectivity index (χ1n) is 10.1. The Morgan fingerprint density at radius 3 is 2.34 bits per heavy atom. The topological polar surface area (TPSA) is 95.4 Å². The lowest BCUT2D eigenvalue weighted by Crippen LogP contribution is -2.29. The maximum Gasteiger partial charge on any atom is 0.227 e. The molecule has 0 radical (unpaired) electrons. The van der Waals surface area contributed by atoms with Gasteiger partial charge in [-0.1, -0.05) is 0 Å². The molecule has 9 nitrogen and oxygen atoms in total. The Labute approximate surface area is 183 Å². The molecule has 1 aromatic carbocycles. The van der Waals surface area contributed by atoms with E-state index in [1.807, 2.05) is 10.9 Å². The van der Waals surface area contributed by atoms with Crippen LogP contribution in [-0.4, -0.2) is 47.1 Å². The van der Waals surface area contributed by atoms with Crippen LogP contribution in [0.25, 0.3) is 0 Å². The Kier molecular flexibility index (Phi) is 6.64. The fourth-order valence-electron chi connectivity index (χ4n) is 3.48. The van der Waals surface area contributed by atoms with E-state index in [1.165, 1.54) is 26.6 Å². The van der Waals surface area contributed by atoms with Crippen molar-refractivity contribution < 1.29 is 23.0 Å². The van der Waals surface area contributed by atoms with Crippen LogP contribution in [0.1, 0.15) is 24.4 Å². The number of halogens is 2. The maximum atomic E-state index is 14.4. The fourth-order valence-corrected chi connectivity index (χ4v) is 3.48. The van der Waals surface area contributed by atoms with E-state index >= 15 is 0 Å². The normalized spacial score (nSPS) is 14.2. The van der Waals surface area contributed by atoms with Crippen LogP contribution >= 0.6 is 0 Å². The van der Waals surface area contributed by atoms with Crippen LogP contribution in [0.15, 0.2) is 30.9 Å². The summed E-state index contributed by atoms with van der Waals surface area (Å²) in [6.45, 7) is 1.58. The van der Waals surface area contributed by atoms with Crippen molar-refractivity contribution >= 4 is 11.6 Å². The molecule has 1 saturated heterocycles. The van der Waals surface area contributed by atoms with Crippen LogP contribution in [0.2, 0.25) is 0 Å². The third kappa shape index (κ3) is 4.72. The second-order valence-electron chi connectivity index (χ2n) is 7.23. The van der Waals surface area contributed by atoms with Gasteiger partial charge in [0.1, 0.15) is 6.61 Å². The van der Waals surface area contributed by atoms with Gasteiger partial charge in [-0.2, -0.15) is 5.10 Å². The number of ether oxygens (including phenoxy) is 3. The molecular formula is C21H24F2N6O3. The number of methoxy groups -OCH3 is 2. The average Bonchev–Trinajstić information content (AvgIpc) is 3.29. The van der Waals surface area contributed by atoms with Crippen molar-refractivity contribution in [2.75, 3.05) is 32.6 Å². The summed E-state index contributed by atoms with van der Waals surface area (Å²) in [5, 5.41) is 10.8. The highest BCUT2D eigenvalue weighted by Gasteiger charge is 2.21. The first-order chi connectivity index (χ1) is 15.6. The molecule has 1 aliphatic heterocycles. The van der Waals surface area contributed by atoms with Crippen LogP contribution in [0.4, 0.5) is 20.4 Å². The summed E-state index contributed by atoms with van der Waals surface area (Å²) in [5.74, 6) is -1.37. The lowest BCUT2D eigenvalue weighted by Gasteiger charge is -2.22. The van der Waals surface area contributed by atoms with Gasteiger partial charge in [0.25, 0.3) is 0 Å². The molecule has 0 unspecified atom stereocenters. The summed E-state index contributed by atoms with van der Waals surface area (Å²) in [5.41, 5.74) is 0.457. The predicted octanol–water partition coefficient (Wildman–Crippen LogP) is 3.22. The SMILES string of the molecule is COc1cc(OC)c(F)c(COc2cnc(Nc3cnn(C4CCNCC4)c3)nc2)c1F. The molecule has 3 aromatic rings. The Bertz CT molecular complexity index is 1030. The van der Waals surface area contributed by atoms with Crippen LogP contribution < -0.4 is 24.8 Å². The lowest BCUT2D eigenvalue weighted by molar-refractivity contribution is 0.280. The maximum absolute atomic E-state index is 14.4. The van der Waals surface area contributed by atoms with Gasteiger partial charge < -0.3 is 24.8 Å². The quantitative estimate of drug-likeness (QED) is 0.545. The molecule has 4 rings (SSSR count). The summed E-state index contributed by atoms with van der Waals surface area (Å²) < 4.78 is 46.2. The molecule has 1 aliphatic rings. The summed E-state index contributed by atoms with van der Waals surface area (Å²) in [6, 6.07) is 1.52. The number of benzene rings is 1. The number of hydrogen-bond acceptors (Lipinski definition) is 8. The minimum atomic E-state index is -0.851. The number of nitrogens with one attached hydrogen (secondary N) is 2.